The highest BCUT2D eigenvalue weighted by Gasteiger charge is 2.13. The predicted molar refractivity (Wildman–Crippen MR) is 81.8 cm³/mol. The van der Waals surface area contributed by atoms with Crippen molar-refractivity contribution in [2.24, 2.45) is 0 Å². The molecule has 0 saturated carbocycles. The van der Waals surface area contributed by atoms with Crippen LogP contribution in [0.1, 0.15) is 15.2 Å². The number of Topliss-reactive ketones (excluding diaryl/α,β-unsaturated/α-hetero) is 1. The lowest BCUT2D eigenvalue weighted by Gasteiger charge is -2.04. The van der Waals surface area contributed by atoms with E-state index < -0.39 is 0 Å². The third-order valence-corrected chi connectivity index (χ3v) is 4.84. The van der Waals surface area contributed by atoms with Crippen molar-refractivity contribution < 1.29 is 4.79 Å². The van der Waals surface area contributed by atoms with E-state index in [9.17, 15) is 4.79 Å². The quantitative estimate of drug-likeness (QED) is 0.662. The van der Waals surface area contributed by atoms with Crippen molar-refractivity contribution in [2.75, 3.05) is 0 Å². The van der Waals surface area contributed by atoms with Gasteiger partial charge in [-0.25, -0.2) is 0 Å². The van der Waals surface area contributed by atoms with Crippen LogP contribution in [-0.4, -0.2) is 10.8 Å². The van der Waals surface area contributed by atoms with Crippen LogP contribution in [0.15, 0.2) is 52.4 Å². The maximum atomic E-state index is 12.3. The molecule has 0 amide bonds. The normalized spacial score (nSPS) is 10.8. The van der Waals surface area contributed by atoms with Gasteiger partial charge in [-0.2, -0.15) is 0 Å². The Balaban J connectivity index is 1.98. The summed E-state index contributed by atoms with van der Waals surface area (Å²) in [7, 11) is 0. The second kappa shape index (κ2) is 5.23. The largest absolute Gasteiger partial charge is 0.293 e. The minimum atomic E-state index is 0.137. The van der Waals surface area contributed by atoms with Gasteiger partial charge in [0.1, 0.15) is 0 Å². The minimum absolute atomic E-state index is 0.137. The van der Waals surface area contributed by atoms with Crippen molar-refractivity contribution in [3.05, 3.63) is 62.9 Å². The van der Waals surface area contributed by atoms with Gasteiger partial charge < -0.3 is 0 Å². The molecule has 3 rings (SSSR count). The average molecular weight is 332 g/mol. The number of aromatic nitrogens is 1. The van der Waals surface area contributed by atoms with Gasteiger partial charge in [0.25, 0.3) is 0 Å². The molecule has 0 saturated heterocycles. The van der Waals surface area contributed by atoms with E-state index in [1.54, 1.807) is 6.20 Å². The van der Waals surface area contributed by atoms with E-state index in [1.807, 2.05) is 41.8 Å². The van der Waals surface area contributed by atoms with E-state index >= 15 is 0 Å². The summed E-state index contributed by atoms with van der Waals surface area (Å²) in [5.74, 6) is 0.137. The molecule has 3 aromatic rings. The Morgan fingerprint density at radius 3 is 2.84 bits per heavy atom. The zero-order valence-electron chi connectivity index (χ0n) is 9.97. The lowest BCUT2D eigenvalue weighted by molar-refractivity contribution is 0.0996. The number of fused-ring (bicyclic) bond motifs is 1. The highest BCUT2D eigenvalue weighted by Crippen LogP contribution is 2.25. The summed E-state index contributed by atoms with van der Waals surface area (Å²) < 4.78 is 0.876. The molecular weight excluding hydrogens is 322 g/mol. The molecule has 0 N–H and O–H groups in total. The van der Waals surface area contributed by atoms with Crippen LogP contribution in [0.2, 0.25) is 0 Å². The van der Waals surface area contributed by atoms with E-state index in [4.69, 9.17) is 0 Å². The molecule has 0 spiro atoms. The van der Waals surface area contributed by atoms with Crippen molar-refractivity contribution in [1.82, 2.24) is 4.98 Å². The van der Waals surface area contributed by atoms with Crippen LogP contribution >= 0.6 is 27.3 Å². The molecule has 0 atom stereocenters. The molecule has 0 radical (unpaired) electrons. The summed E-state index contributed by atoms with van der Waals surface area (Å²) in [6.45, 7) is 0. The maximum Gasteiger partial charge on any atom is 0.178 e. The van der Waals surface area contributed by atoms with Gasteiger partial charge >= 0.3 is 0 Å². The lowest BCUT2D eigenvalue weighted by atomic mass is 10.0. The standard InChI is InChI=1S/C15H10BrNOS/c16-12-6-8-19-15(12)14(18)9-10-5-7-17-13-4-2-1-3-11(10)13/h1-8H,9H2. The van der Waals surface area contributed by atoms with E-state index in [1.165, 1.54) is 11.3 Å². The van der Waals surface area contributed by atoms with Gasteiger partial charge in [-0.3, -0.25) is 9.78 Å². The molecule has 0 unspecified atom stereocenters. The predicted octanol–water partition coefficient (Wildman–Crippen LogP) is 4.48. The molecular formula is C15H10BrNOS. The Kier molecular flexibility index (Phi) is 3.44. The number of pyridine rings is 1. The summed E-state index contributed by atoms with van der Waals surface area (Å²) in [5.41, 5.74) is 1.95. The van der Waals surface area contributed by atoms with E-state index in [0.29, 0.717) is 6.42 Å². The first-order valence-corrected chi connectivity index (χ1v) is 7.52. The number of ketones is 1. The zero-order valence-corrected chi connectivity index (χ0v) is 12.4. The van der Waals surface area contributed by atoms with Crippen molar-refractivity contribution in [3.8, 4) is 0 Å². The van der Waals surface area contributed by atoms with Crippen LogP contribution in [0.5, 0.6) is 0 Å². The zero-order chi connectivity index (χ0) is 13.2. The Hall–Kier alpha value is -1.52. The van der Waals surface area contributed by atoms with Crippen molar-refractivity contribution in [1.29, 1.82) is 0 Å². The maximum absolute atomic E-state index is 12.3. The first-order valence-electron chi connectivity index (χ1n) is 5.84. The number of benzene rings is 1. The number of carbonyl (C=O) groups is 1. The van der Waals surface area contributed by atoms with Gasteiger partial charge in [-0.15, -0.1) is 11.3 Å². The lowest BCUT2D eigenvalue weighted by Crippen LogP contribution is -2.02. The number of thiophene rings is 1. The van der Waals surface area contributed by atoms with E-state index in [0.717, 1.165) is 25.8 Å². The van der Waals surface area contributed by atoms with Gasteiger partial charge in [-0.1, -0.05) is 18.2 Å². The molecule has 94 valence electrons. The monoisotopic (exact) mass is 331 g/mol. The molecule has 2 aromatic heterocycles. The summed E-state index contributed by atoms with van der Waals surface area (Å²) in [6.07, 6.45) is 2.16. The summed E-state index contributed by atoms with van der Waals surface area (Å²) in [6, 6.07) is 11.7. The number of para-hydroxylation sites is 1. The molecule has 2 heterocycles. The van der Waals surface area contributed by atoms with Crippen molar-refractivity contribution in [3.63, 3.8) is 0 Å². The van der Waals surface area contributed by atoms with E-state index in [2.05, 4.69) is 20.9 Å². The SMILES string of the molecule is O=C(Cc1ccnc2ccccc12)c1sccc1Br. The van der Waals surface area contributed by atoms with Crippen molar-refractivity contribution in [2.45, 2.75) is 6.42 Å². The second-order valence-electron chi connectivity index (χ2n) is 4.18. The van der Waals surface area contributed by atoms with Crippen LogP contribution in [0.4, 0.5) is 0 Å². The molecule has 0 bridgehead atoms. The fourth-order valence-corrected chi connectivity index (χ4v) is 3.59. The fourth-order valence-electron chi connectivity index (χ4n) is 2.06. The second-order valence-corrected chi connectivity index (χ2v) is 5.96. The van der Waals surface area contributed by atoms with Gasteiger partial charge in [0.05, 0.1) is 10.4 Å². The third kappa shape index (κ3) is 2.46. The van der Waals surface area contributed by atoms with Gasteiger partial charge in [0, 0.05) is 22.5 Å². The molecule has 4 heteroatoms. The van der Waals surface area contributed by atoms with Crippen molar-refractivity contribution >= 4 is 44.0 Å². The first kappa shape index (κ1) is 12.5. The number of carbonyl (C=O) groups excluding carboxylic acids is 1. The molecule has 2 nitrogen and oxygen atoms in total. The topological polar surface area (TPSA) is 30.0 Å². The van der Waals surface area contributed by atoms with Crippen LogP contribution in [0.25, 0.3) is 10.9 Å². The summed E-state index contributed by atoms with van der Waals surface area (Å²) in [5, 5.41) is 2.97. The Bertz CT molecular complexity index is 745. The van der Waals surface area contributed by atoms with E-state index in [-0.39, 0.29) is 5.78 Å². The number of hydrogen-bond donors (Lipinski definition) is 0. The highest BCUT2D eigenvalue weighted by atomic mass is 79.9. The molecule has 0 aliphatic carbocycles. The van der Waals surface area contributed by atoms with Crippen LogP contribution in [0.3, 0.4) is 0 Å². The number of hydrogen-bond acceptors (Lipinski definition) is 3. The Morgan fingerprint density at radius 1 is 1.21 bits per heavy atom. The van der Waals surface area contributed by atoms with Gasteiger partial charge in [0.2, 0.25) is 0 Å². The van der Waals surface area contributed by atoms with Crippen LogP contribution < -0.4 is 0 Å². The molecule has 19 heavy (non-hydrogen) atoms. The van der Waals surface area contributed by atoms with Gasteiger partial charge in [0.15, 0.2) is 5.78 Å². The average Bonchev–Trinajstić information content (AvgIpc) is 2.85. The summed E-state index contributed by atoms with van der Waals surface area (Å²) >= 11 is 4.88. The highest BCUT2D eigenvalue weighted by molar-refractivity contribution is 9.10. The smallest absolute Gasteiger partial charge is 0.178 e. The molecule has 0 aliphatic rings. The van der Waals surface area contributed by atoms with Crippen LogP contribution in [-0.2, 0) is 6.42 Å². The number of nitrogens with zero attached hydrogens (tertiary/aromatic N) is 1. The van der Waals surface area contributed by atoms with Gasteiger partial charge in [-0.05, 0) is 45.1 Å². The number of halogens is 1. The summed E-state index contributed by atoms with van der Waals surface area (Å²) in [4.78, 5) is 17.4. The molecule has 1 aromatic carbocycles. The Morgan fingerprint density at radius 2 is 2.05 bits per heavy atom. The molecule has 0 fully saturated rings. The Labute approximate surface area is 123 Å². The first-order chi connectivity index (χ1) is 9.25. The third-order valence-electron chi connectivity index (χ3n) is 2.96. The number of rotatable bonds is 3. The fraction of sp³-hybridized carbons (Fsp3) is 0.0667. The van der Waals surface area contributed by atoms with Crippen LogP contribution in [0, 0.1) is 0 Å². The minimum Gasteiger partial charge on any atom is -0.293 e. The molecule has 0 aliphatic heterocycles.